The van der Waals surface area contributed by atoms with E-state index in [1.165, 1.54) is 392 Å². The van der Waals surface area contributed by atoms with Gasteiger partial charge in [-0.15, -0.1) is 0 Å². The van der Waals surface area contributed by atoms with Crippen LogP contribution in [0.25, 0.3) is 0 Å². The van der Waals surface area contributed by atoms with Crippen LogP contribution >= 0.6 is 0 Å². The summed E-state index contributed by atoms with van der Waals surface area (Å²) in [5, 5.41) is 23.3. The van der Waals surface area contributed by atoms with Gasteiger partial charge in [-0.05, 0) is 64.2 Å². The van der Waals surface area contributed by atoms with E-state index in [-0.39, 0.29) is 18.5 Å². The number of hydrogen-bond donors (Lipinski definition) is 3. The Morgan fingerprint density at radius 1 is 0.311 bits per heavy atom. The van der Waals surface area contributed by atoms with Gasteiger partial charge in [-0.25, -0.2) is 0 Å². The van der Waals surface area contributed by atoms with Crippen molar-refractivity contribution in [2.24, 2.45) is 0 Å². The third-order valence-electron chi connectivity index (χ3n) is 19.4. The van der Waals surface area contributed by atoms with Crippen molar-refractivity contribution in [2.45, 2.75) is 475 Å². The highest BCUT2D eigenvalue weighted by Gasteiger charge is 2.18. The molecule has 0 rings (SSSR count). The van der Waals surface area contributed by atoms with Crippen LogP contribution in [0.3, 0.4) is 0 Å². The standard InChI is InChI=1S/C84H161NO5/c1-3-5-7-9-11-13-15-17-18-19-20-21-41-44-47-50-53-56-60-64-68-72-76-82(87)81(80-86)85-83(88)77-73-69-65-61-57-54-51-48-45-42-39-37-35-33-31-29-27-25-23-22-24-26-28-30-32-34-36-38-40-43-46-49-52-55-59-63-67-71-75-79-90-84(89)78-74-70-66-62-58-16-14-12-10-8-6-4-2/h22-23,26,28,72,76,81-82,86-87H,3-21,24-25,27,29-71,73-75,77-80H2,1-2H3,(H,85,88)/b23-22-,28-26-,76-72+. The molecule has 1 amide bonds. The van der Waals surface area contributed by atoms with Crippen LogP contribution in [0.2, 0.25) is 0 Å². The summed E-state index contributed by atoms with van der Waals surface area (Å²) in [7, 11) is 0. The fourth-order valence-corrected chi connectivity index (χ4v) is 13.1. The highest BCUT2D eigenvalue weighted by Crippen LogP contribution is 2.20. The lowest BCUT2D eigenvalue weighted by molar-refractivity contribution is -0.143. The molecule has 0 heterocycles. The summed E-state index contributed by atoms with van der Waals surface area (Å²) in [6.45, 7) is 4.95. The van der Waals surface area contributed by atoms with Gasteiger partial charge in [-0.1, -0.05) is 423 Å². The number of esters is 1. The van der Waals surface area contributed by atoms with Crippen molar-refractivity contribution in [1.29, 1.82) is 0 Å². The van der Waals surface area contributed by atoms with Crippen molar-refractivity contribution in [3.63, 3.8) is 0 Å². The average molecular weight is 1270 g/mol. The normalized spacial score (nSPS) is 12.6. The monoisotopic (exact) mass is 1260 g/mol. The van der Waals surface area contributed by atoms with Gasteiger partial charge in [0, 0.05) is 12.8 Å². The van der Waals surface area contributed by atoms with Crippen LogP contribution < -0.4 is 5.32 Å². The van der Waals surface area contributed by atoms with E-state index in [0.29, 0.717) is 19.4 Å². The number of allylic oxidation sites excluding steroid dienone is 5. The van der Waals surface area contributed by atoms with E-state index in [9.17, 15) is 19.8 Å². The van der Waals surface area contributed by atoms with E-state index in [1.807, 2.05) is 6.08 Å². The highest BCUT2D eigenvalue weighted by molar-refractivity contribution is 5.76. The smallest absolute Gasteiger partial charge is 0.305 e. The van der Waals surface area contributed by atoms with Crippen LogP contribution in [0, 0.1) is 0 Å². The van der Waals surface area contributed by atoms with Crippen molar-refractivity contribution in [3.05, 3.63) is 36.5 Å². The first kappa shape index (κ1) is 88.1. The predicted molar refractivity (Wildman–Crippen MR) is 398 cm³/mol. The summed E-state index contributed by atoms with van der Waals surface area (Å²) < 4.78 is 5.49. The molecule has 532 valence electrons. The lowest BCUT2D eigenvalue weighted by Crippen LogP contribution is -2.45. The number of rotatable bonds is 78. The average Bonchev–Trinajstić information content (AvgIpc) is 3.58. The van der Waals surface area contributed by atoms with Gasteiger partial charge in [0.1, 0.15) is 0 Å². The second-order valence-corrected chi connectivity index (χ2v) is 28.5. The minimum atomic E-state index is -0.844. The van der Waals surface area contributed by atoms with Gasteiger partial charge in [0.2, 0.25) is 5.91 Å². The number of carbonyl (C=O) groups excluding carboxylic acids is 2. The maximum absolute atomic E-state index is 12.6. The molecule has 0 aromatic carbocycles. The zero-order valence-corrected chi connectivity index (χ0v) is 61.1. The van der Waals surface area contributed by atoms with Crippen LogP contribution in [-0.4, -0.2) is 47.4 Å². The molecule has 90 heavy (non-hydrogen) atoms. The number of nitrogens with one attached hydrogen (secondary N) is 1. The molecular weight excluding hydrogens is 1100 g/mol. The predicted octanol–water partition coefficient (Wildman–Crippen LogP) is 27.4. The molecule has 0 bridgehead atoms. The second kappa shape index (κ2) is 79.5. The van der Waals surface area contributed by atoms with Crippen LogP contribution in [-0.2, 0) is 14.3 Å². The third kappa shape index (κ3) is 75.1. The molecule has 0 saturated heterocycles. The van der Waals surface area contributed by atoms with Crippen molar-refractivity contribution in [2.75, 3.05) is 13.2 Å². The van der Waals surface area contributed by atoms with E-state index in [0.717, 1.165) is 44.9 Å². The Hall–Kier alpha value is -1.92. The summed E-state index contributed by atoms with van der Waals surface area (Å²) in [4.78, 5) is 24.6. The molecule has 6 heteroatoms. The summed E-state index contributed by atoms with van der Waals surface area (Å²) in [5.74, 6) is -0.0385. The van der Waals surface area contributed by atoms with Gasteiger partial charge in [0.05, 0.1) is 25.4 Å². The number of amides is 1. The van der Waals surface area contributed by atoms with E-state index in [2.05, 4.69) is 43.5 Å². The molecule has 0 saturated carbocycles. The first-order valence-electron chi connectivity index (χ1n) is 41.3. The van der Waals surface area contributed by atoms with Crippen molar-refractivity contribution >= 4 is 11.9 Å². The first-order chi connectivity index (χ1) is 44.5. The van der Waals surface area contributed by atoms with E-state index >= 15 is 0 Å². The van der Waals surface area contributed by atoms with E-state index < -0.39 is 12.1 Å². The molecule has 0 aromatic rings. The molecule has 0 fully saturated rings. The van der Waals surface area contributed by atoms with Crippen molar-refractivity contribution in [3.8, 4) is 0 Å². The van der Waals surface area contributed by atoms with Crippen molar-refractivity contribution < 1.29 is 24.5 Å². The van der Waals surface area contributed by atoms with Crippen LogP contribution in [0.1, 0.15) is 463 Å². The summed E-state index contributed by atoms with van der Waals surface area (Å²) in [5.41, 5.74) is 0. The Morgan fingerprint density at radius 3 is 0.844 bits per heavy atom. The molecule has 0 spiro atoms. The first-order valence-corrected chi connectivity index (χ1v) is 41.3. The Labute approximate surface area is 564 Å². The number of ether oxygens (including phenoxy) is 1. The zero-order chi connectivity index (χ0) is 64.9. The summed E-state index contributed by atoms with van der Waals surface area (Å²) in [6, 6.07) is -0.627. The molecule has 0 aliphatic carbocycles. The van der Waals surface area contributed by atoms with Gasteiger partial charge in [0.15, 0.2) is 0 Å². The Kier molecular flexibility index (Phi) is 77.8. The maximum Gasteiger partial charge on any atom is 0.305 e. The number of hydrogen-bond acceptors (Lipinski definition) is 5. The molecule has 0 aromatic heterocycles. The molecule has 0 aliphatic heterocycles. The van der Waals surface area contributed by atoms with Crippen LogP contribution in [0.5, 0.6) is 0 Å². The summed E-state index contributed by atoms with van der Waals surface area (Å²) in [6.07, 6.45) is 104. The van der Waals surface area contributed by atoms with Gasteiger partial charge in [-0.3, -0.25) is 9.59 Å². The van der Waals surface area contributed by atoms with E-state index in [1.54, 1.807) is 6.08 Å². The highest BCUT2D eigenvalue weighted by atomic mass is 16.5. The van der Waals surface area contributed by atoms with Crippen LogP contribution in [0.4, 0.5) is 0 Å². The maximum atomic E-state index is 12.6. The minimum Gasteiger partial charge on any atom is -0.466 e. The topological polar surface area (TPSA) is 95.9 Å². The fourth-order valence-electron chi connectivity index (χ4n) is 13.1. The minimum absolute atomic E-state index is 0.0215. The largest absolute Gasteiger partial charge is 0.466 e. The van der Waals surface area contributed by atoms with E-state index in [4.69, 9.17) is 4.74 Å². The fraction of sp³-hybridized carbons (Fsp3) is 0.905. The lowest BCUT2D eigenvalue weighted by atomic mass is 10.0. The molecule has 6 nitrogen and oxygen atoms in total. The molecule has 3 N–H and O–H groups in total. The number of carbonyl (C=O) groups is 2. The van der Waals surface area contributed by atoms with Crippen LogP contribution in [0.15, 0.2) is 36.5 Å². The Bertz CT molecular complexity index is 1460. The number of unbranched alkanes of at least 4 members (excludes halogenated alkanes) is 63. The van der Waals surface area contributed by atoms with Gasteiger partial charge in [0.25, 0.3) is 0 Å². The number of aliphatic hydroxyl groups is 2. The molecule has 0 aliphatic rings. The SMILES string of the molecule is CCCCCCCCCCCCCCCCCCCCCC/C=C/C(O)C(CO)NC(=O)CCCCCCCCCCCCCCCCCCC/C=C\C/C=C\CCCCCCCCCCCCCCCCCOC(=O)CCCCCCCCCCCCCC. The van der Waals surface area contributed by atoms with Gasteiger partial charge >= 0.3 is 5.97 Å². The molecular formula is C84H161NO5. The summed E-state index contributed by atoms with van der Waals surface area (Å²) >= 11 is 0. The molecule has 2 atom stereocenters. The lowest BCUT2D eigenvalue weighted by Gasteiger charge is -2.20. The van der Waals surface area contributed by atoms with Gasteiger partial charge < -0.3 is 20.3 Å². The Balaban J connectivity index is 3.38. The van der Waals surface area contributed by atoms with Gasteiger partial charge in [-0.2, -0.15) is 0 Å². The number of aliphatic hydroxyl groups excluding tert-OH is 2. The van der Waals surface area contributed by atoms with Crippen molar-refractivity contribution in [1.82, 2.24) is 5.32 Å². The third-order valence-corrected chi connectivity index (χ3v) is 19.4. The Morgan fingerprint density at radius 2 is 0.556 bits per heavy atom. The quantitative estimate of drug-likeness (QED) is 0.0320. The molecule has 2 unspecified atom stereocenters. The zero-order valence-electron chi connectivity index (χ0n) is 61.1. The second-order valence-electron chi connectivity index (χ2n) is 28.5. The molecule has 0 radical (unpaired) electrons.